The minimum atomic E-state index is -0.568. The summed E-state index contributed by atoms with van der Waals surface area (Å²) in [5.41, 5.74) is 2.93. The molecule has 4 nitrogen and oxygen atoms in total. The van der Waals surface area contributed by atoms with Crippen LogP contribution in [0.2, 0.25) is 5.02 Å². The van der Waals surface area contributed by atoms with Crippen molar-refractivity contribution in [2.24, 2.45) is 0 Å². The van der Waals surface area contributed by atoms with Crippen LogP contribution in [-0.4, -0.2) is 29.8 Å². The first-order chi connectivity index (χ1) is 11.9. The Balaban J connectivity index is 2.23. The van der Waals surface area contributed by atoms with E-state index in [0.717, 1.165) is 16.7 Å². The van der Waals surface area contributed by atoms with Gasteiger partial charge >= 0.3 is 0 Å². The van der Waals surface area contributed by atoms with Crippen molar-refractivity contribution in [3.05, 3.63) is 70.2 Å². The van der Waals surface area contributed by atoms with Gasteiger partial charge in [0.25, 0.3) is 0 Å². The van der Waals surface area contributed by atoms with Gasteiger partial charge in [0.1, 0.15) is 6.04 Å². The van der Waals surface area contributed by atoms with Gasteiger partial charge in [-0.05, 0) is 37.1 Å². The number of likely N-dealkylation sites (N-methyl/N-ethyl adjacent to an activating group) is 1. The fraction of sp³-hybridized carbons (Fsp3) is 0.300. The van der Waals surface area contributed by atoms with Crippen LogP contribution < -0.4 is 5.32 Å². The molecule has 2 amide bonds. The summed E-state index contributed by atoms with van der Waals surface area (Å²) in [6.07, 6.45) is 0.254. The van der Waals surface area contributed by atoms with E-state index >= 15 is 0 Å². The Labute approximate surface area is 153 Å². The maximum Gasteiger partial charge on any atom is 0.242 e. The fourth-order valence-electron chi connectivity index (χ4n) is 2.72. The quantitative estimate of drug-likeness (QED) is 0.860. The Bertz CT molecular complexity index is 761. The second-order valence-electron chi connectivity index (χ2n) is 6.11. The number of nitrogens with one attached hydrogen (secondary N) is 1. The topological polar surface area (TPSA) is 49.4 Å². The molecular formula is C20H23ClN2O2. The third-order valence-corrected chi connectivity index (χ3v) is 4.33. The lowest BCUT2D eigenvalue weighted by molar-refractivity contribution is -0.139. The van der Waals surface area contributed by atoms with Crippen molar-refractivity contribution in [1.82, 2.24) is 10.2 Å². The first-order valence-electron chi connectivity index (χ1n) is 8.21. The van der Waals surface area contributed by atoms with Gasteiger partial charge in [-0.25, -0.2) is 0 Å². The third-order valence-electron chi connectivity index (χ3n) is 4.09. The van der Waals surface area contributed by atoms with Crippen LogP contribution in [0.1, 0.15) is 23.6 Å². The van der Waals surface area contributed by atoms with Gasteiger partial charge < -0.3 is 10.2 Å². The number of amides is 2. The number of benzene rings is 2. The van der Waals surface area contributed by atoms with E-state index in [1.165, 1.54) is 0 Å². The molecule has 0 aliphatic rings. The number of rotatable bonds is 6. The summed E-state index contributed by atoms with van der Waals surface area (Å²) >= 11 is 6.04. The molecule has 25 heavy (non-hydrogen) atoms. The highest BCUT2D eigenvalue weighted by Gasteiger charge is 2.25. The van der Waals surface area contributed by atoms with Crippen molar-refractivity contribution < 1.29 is 9.59 Å². The van der Waals surface area contributed by atoms with E-state index in [4.69, 9.17) is 11.6 Å². The zero-order valence-corrected chi connectivity index (χ0v) is 15.5. The van der Waals surface area contributed by atoms with Crippen molar-refractivity contribution in [3.8, 4) is 0 Å². The minimum Gasteiger partial charge on any atom is -0.357 e. The average molecular weight is 359 g/mol. The molecule has 0 aromatic heterocycles. The molecule has 1 N–H and O–H groups in total. The molecule has 0 heterocycles. The number of halogens is 1. The van der Waals surface area contributed by atoms with E-state index in [9.17, 15) is 9.59 Å². The number of hydrogen-bond acceptors (Lipinski definition) is 2. The predicted molar refractivity (Wildman–Crippen MR) is 100 cm³/mol. The van der Waals surface area contributed by atoms with E-state index in [2.05, 4.69) is 5.32 Å². The van der Waals surface area contributed by atoms with Crippen LogP contribution in [0, 0.1) is 6.92 Å². The van der Waals surface area contributed by atoms with Crippen LogP contribution >= 0.6 is 11.6 Å². The van der Waals surface area contributed by atoms with E-state index in [0.29, 0.717) is 11.6 Å². The van der Waals surface area contributed by atoms with Gasteiger partial charge in [0.15, 0.2) is 0 Å². The molecule has 5 heteroatoms. The van der Waals surface area contributed by atoms with Gasteiger partial charge in [0, 0.05) is 18.6 Å². The fourth-order valence-corrected chi connectivity index (χ4v) is 2.93. The molecule has 0 spiro atoms. The van der Waals surface area contributed by atoms with Gasteiger partial charge in [-0.1, -0.05) is 53.6 Å². The monoisotopic (exact) mass is 358 g/mol. The van der Waals surface area contributed by atoms with Gasteiger partial charge in [-0.3, -0.25) is 9.59 Å². The van der Waals surface area contributed by atoms with E-state index in [1.54, 1.807) is 24.9 Å². The van der Waals surface area contributed by atoms with Crippen LogP contribution in [-0.2, 0) is 22.6 Å². The normalized spacial score (nSPS) is 11.7. The summed E-state index contributed by atoms with van der Waals surface area (Å²) in [5, 5.41) is 3.22. The molecule has 1 unspecified atom stereocenters. The summed E-state index contributed by atoms with van der Waals surface area (Å²) in [7, 11) is 1.57. The Morgan fingerprint density at radius 2 is 1.80 bits per heavy atom. The molecule has 0 radical (unpaired) electrons. The molecule has 132 valence electrons. The van der Waals surface area contributed by atoms with Gasteiger partial charge in [-0.2, -0.15) is 0 Å². The molecule has 0 bridgehead atoms. The largest absolute Gasteiger partial charge is 0.357 e. The molecule has 2 aromatic carbocycles. The van der Waals surface area contributed by atoms with Crippen molar-refractivity contribution in [1.29, 1.82) is 0 Å². The number of carbonyl (C=O) groups is 2. The van der Waals surface area contributed by atoms with Crippen LogP contribution in [0.15, 0.2) is 48.5 Å². The third kappa shape index (κ3) is 5.33. The number of aryl methyl sites for hydroxylation is 1. The van der Waals surface area contributed by atoms with Crippen LogP contribution in [0.3, 0.4) is 0 Å². The summed E-state index contributed by atoms with van der Waals surface area (Å²) in [6, 6.07) is 14.6. The molecule has 0 saturated carbocycles. The first-order valence-corrected chi connectivity index (χ1v) is 8.59. The molecule has 0 aliphatic heterocycles. The van der Waals surface area contributed by atoms with Crippen LogP contribution in [0.25, 0.3) is 0 Å². The maximum atomic E-state index is 12.9. The minimum absolute atomic E-state index is 0.0957. The standard InChI is InChI=1S/C20H23ClN2O2/c1-14-6-4-7-16(10-14)12-19(24)23(15(2)20(25)22-3)13-17-8-5-9-18(21)11-17/h4-11,15H,12-13H2,1-3H3,(H,22,25). The highest BCUT2D eigenvalue weighted by molar-refractivity contribution is 6.30. The van der Waals surface area contributed by atoms with Crippen LogP contribution in [0.4, 0.5) is 0 Å². The Morgan fingerprint density at radius 1 is 1.12 bits per heavy atom. The smallest absolute Gasteiger partial charge is 0.242 e. The zero-order chi connectivity index (χ0) is 18.4. The van der Waals surface area contributed by atoms with Gasteiger partial charge in [0.2, 0.25) is 11.8 Å². The summed E-state index contributed by atoms with van der Waals surface area (Å²) in [6.45, 7) is 4.06. The molecule has 0 saturated heterocycles. The number of carbonyl (C=O) groups excluding carboxylic acids is 2. The number of nitrogens with zero attached hydrogens (tertiary/aromatic N) is 1. The second-order valence-corrected chi connectivity index (χ2v) is 6.54. The maximum absolute atomic E-state index is 12.9. The van der Waals surface area contributed by atoms with Crippen molar-refractivity contribution in [3.63, 3.8) is 0 Å². The van der Waals surface area contributed by atoms with E-state index in [-0.39, 0.29) is 18.2 Å². The number of hydrogen-bond donors (Lipinski definition) is 1. The average Bonchev–Trinajstić information content (AvgIpc) is 2.58. The van der Waals surface area contributed by atoms with Crippen molar-refractivity contribution in [2.75, 3.05) is 7.05 Å². The highest BCUT2D eigenvalue weighted by Crippen LogP contribution is 2.16. The van der Waals surface area contributed by atoms with Crippen molar-refractivity contribution in [2.45, 2.75) is 32.9 Å². The van der Waals surface area contributed by atoms with Crippen LogP contribution in [0.5, 0.6) is 0 Å². The molecule has 1 atom stereocenters. The van der Waals surface area contributed by atoms with E-state index in [1.807, 2.05) is 49.4 Å². The lowest BCUT2D eigenvalue weighted by atomic mass is 10.1. The Morgan fingerprint density at radius 3 is 2.44 bits per heavy atom. The van der Waals surface area contributed by atoms with Gasteiger partial charge in [-0.15, -0.1) is 0 Å². The molecule has 2 rings (SSSR count). The molecular weight excluding hydrogens is 336 g/mol. The Kier molecular flexibility index (Phi) is 6.59. The second kappa shape index (κ2) is 8.67. The molecule has 0 fully saturated rings. The summed E-state index contributed by atoms with van der Waals surface area (Å²) in [4.78, 5) is 26.6. The predicted octanol–water partition coefficient (Wildman–Crippen LogP) is 3.35. The highest BCUT2D eigenvalue weighted by atomic mass is 35.5. The SMILES string of the molecule is CNC(=O)C(C)N(Cc1cccc(Cl)c1)C(=O)Cc1cccc(C)c1. The lowest BCUT2D eigenvalue weighted by Gasteiger charge is -2.28. The lowest BCUT2D eigenvalue weighted by Crippen LogP contribution is -2.47. The zero-order valence-electron chi connectivity index (χ0n) is 14.8. The summed E-state index contributed by atoms with van der Waals surface area (Å²) in [5.74, 6) is -0.290. The Hall–Kier alpha value is -2.33. The molecule has 0 aliphatic carbocycles. The van der Waals surface area contributed by atoms with Crippen molar-refractivity contribution >= 4 is 23.4 Å². The van der Waals surface area contributed by atoms with E-state index < -0.39 is 6.04 Å². The van der Waals surface area contributed by atoms with Gasteiger partial charge in [0.05, 0.1) is 6.42 Å². The summed E-state index contributed by atoms with van der Waals surface area (Å²) < 4.78 is 0. The molecule has 2 aromatic rings. The first kappa shape index (κ1) is 19.0.